The van der Waals surface area contributed by atoms with Gasteiger partial charge in [-0.15, -0.1) is 6.42 Å². The van der Waals surface area contributed by atoms with Crippen LogP contribution in [-0.2, 0) is 0 Å². The lowest BCUT2D eigenvalue weighted by Gasteiger charge is -2.31. The van der Waals surface area contributed by atoms with Crippen molar-refractivity contribution in [1.82, 2.24) is 4.90 Å². The summed E-state index contributed by atoms with van der Waals surface area (Å²) in [5, 5.41) is 0. The fourth-order valence-corrected chi connectivity index (χ4v) is 2.10. The van der Waals surface area contributed by atoms with Gasteiger partial charge in [0.05, 0.1) is 0 Å². The Morgan fingerprint density at radius 3 is 2.40 bits per heavy atom. The summed E-state index contributed by atoms with van der Waals surface area (Å²) in [6.45, 7) is 16.0. The van der Waals surface area contributed by atoms with Gasteiger partial charge < -0.3 is 4.90 Å². The molecular formula is C19H27N. The molecule has 0 bridgehead atoms. The number of hydrogen-bond donors (Lipinski definition) is 0. The molecule has 0 radical (unpaired) electrons. The van der Waals surface area contributed by atoms with Crippen molar-refractivity contribution < 1.29 is 0 Å². The molecule has 0 saturated heterocycles. The molecule has 0 fully saturated rings. The molecule has 0 rings (SSSR count). The molecule has 0 spiro atoms. The van der Waals surface area contributed by atoms with Crippen LogP contribution in [0.3, 0.4) is 0 Å². The first-order chi connectivity index (χ1) is 9.56. The molecule has 0 heterocycles. The van der Waals surface area contributed by atoms with Crippen LogP contribution in [0.1, 0.15) is 40.5 Å². The van der Waals surface area contributed by atoms with E-state index in [1.807, 2.05) is 26.1 Å². The van der Waals surface area contributed by atoms with Crippen LogP contribution in [0.15, 0.2) is 60.5 Å². The van der Waals surface area contributed by atoms with Crippen LogP contribution in [-0.4, -0.2) is 10.9 Å². The summed E-state index contributed by atoms with van der Waals surface area (Å²) in [5.41, 5.74) is 3.39. The summed E-state index contributed by atoms with van der Waals surface area (Å²) < 4.78 is 0. The molecule has 0 saturated carbocycles. The van der Waals surface area contributed by atoms with Crippen molar-refractivity contribution >= 4 is 0 Å². The van der Waals surface area contributed by atoms with E-state index in [0.717, 1.165) is 24.1 Å². The zero-order valence-electron chi connectivity index (χ0n) is 13.3. The molecule has 1 nitrogen and oxygen atoms in total. The average Bonchev–Trinajstić information content (AvgIpc) is 2.43. The van der Waals surface area contributed by atoms with E-state index in [1.165, 1.54) is 5.57 Å². The molecular weight excluding hydrogens is 242 g/mol. The Bertz CT molecular complexity index is 455. The predicted molar refractivity (Wildman–Crippen MR) is 91.0 cm³/mol. The standard InChI is InChI=1S/C19H27N/c1-8-13-15-20(18(11-4)16(6)7)19(12-5)17(10-3)14-9-2/h4,8,12-15,18H,1,6,9-10H2,2-3,5,7H3/b15-13+,17-14-,19-12+. The Kier molecular flexibility index (Phi) is 8.96. The van der Waals surface area contributed by atoms with Crippen molar-refractivity contribution in [1.29, 1.82) is 0 Å². The van der Waals surface area contributed by atoms with E-state index in [9.17, 15) is 0 Å². The summed E-state index contributed by atoms with van der Waals surface area (Å²) in [5.74, 6) is 2.82. The highest BCUT2D eigenvalue weighted by Crippen LogP contribution is 2.24. The largest absolute Gasteiger partial charge is 0.330 e. The molecule has 0 N–H and O–H groups in total. The Morgan fingerprint density at radius 2 is 2.05 bits per heavy atom. The number of rotatable bonds is 8. The maximum Gasteiger partial charge on any atom is 0.115 e. The predicted octanol–water partition coefficient (Wildman–Crippen LogP) is 5.22. The lowest BCUT2D eigenvalue weighted by atomic mass is 10.0. The fraction of sp³-hybridized carbons (Fsp3) is 0.368. The topological polar surface area (TPSA) is 3.24 Å². The summed E-state index contributed by atoms with van der Waals surface area (Å²) >= 11 is 0. The molecule has 0 aliphatic heterocycles. The van der Waals surface area contributed by atoms with Crippen molar-refractivity contribution in [3.8, 4) is 12.3 Å². The smallest absolute Gasteiger partial charge is 0.115 e. The minimum Gasteiger partial charge on any atom is -0.330 e. The maximum atomic E-state index is 5.70. The van der Waals surface area contributed by atoms with Crippen LogP contribution in [0.4, 0.5) is 0 Å². The maximum absolute atomic E-state index is 5.70. The zero-order valence-corrected chi connectivity index (χ0v) is 13.3. The first kappa shape index (κ1) is 18.1. The van der Waals surface area contributed by atoms with Gasteiger partial charge in [0.1, 0.15) is 6.04 Å². The van der Waals surface area contributed by atoms with Crippen LogP contribution in [0.5, 0.6) is 0 Å². The van der Waals surface area contributed by atoms with Gasteiger partial charge in [0.15, 0.2) is 0 Å². The lowest BCUT2D eigenvalue weighted by Crippen LogP contribution is -2.30. The molecule has 0 aromatic heterocycles. The van der Waals surface area contributed by atoms with E-state index >= 15 is 0 Å². The fourth-order valence-electron chi connectivity index (χ4n) is 2.10. The van der Waals surface area contributed by atoms with Gasteiger partial charge in [-0.1, -0.05) is 51.2 Å². The number of hydrogen-bond acceptors (Lipinski definition) is 1. The highest BCUT2D eigenvalue weighted by atomic mass is 15.1. The van der Waals surface area contributed by atoms with Crippen LogP contribution in [0.25, 0.3) is 0 Å². The quantitative estimate of drug-likeness (QED) is 0.332. The number of terminal acetylenes is 1. The minimum atomic E-state index is -0.149. The van der Waals surface area contributed by atoms with E-state index in [-0.39, 0.29) is 6.04 Å². The summed E-state index contributed by atoms with van der Waals surface area (Å²) in [6.07, 6.45) is 17.6. The molecule has 108 valence electrons. The zero-order chi connectivity index (χ0) is 15.5. The van der Waals surface area contributed by atoms with E-state index in [1.54, 1.807) is 6.08 Å². The highest BCUT2D eigenvalue weighted by molar-refractivity contribution is 5.35. The number of allylic oxidation sites excluding steroid dienone is 5. The van der Waals surface area contributed by atoms with Gasteiger partial charge in [-0.2, -0.15) is 0 Å². The van der Waals surface area contributed by atoms with Gasteiger partial charge in [-0.25, -0.2) is 0 Å². The summed E-state index contributed by atoms with van der Waals surface area (Å²) in [7, 11) is 0. The molecule has 0 aromatic carbocycles. The van der Waals surface area contributed by atoms with Gasteiger partial charge in [-0.3, -0.25) is 0 Å². The van der Waals surface area contributed by atoms with E-state index in [2.05, 4.69) is 50.0 Å². The van der Waals surface area contributed by atoms with Gasteiger partial charge in [-0.05, 0) is 43.9 Å². The first-order valence-electron chi connectivity index (χ1n) is 7.12. The Morgan fingerprint density at radius 1 is 1.40 bits per heavy atom. The molecule has 1 heteroatoms. The van der Waals surface area contributed by atoms with Gasteiger partial charge in [0.2, 0.25) is 0 Å². The highest BCUT2D eigenvalue weighted by Gasteiger charge is 2.18. The van der Waals surface area contributed by atoms with Crippen molar-refractivity contribution in [3.63, 3.8) is 0 Å². The van der Waals surface area contributed by atoms with Gasteiger partial charge in [0, 0.05) is 11.9 Å². The molecule has 0 aromatic rings. The third kappa shape index (κ3) is 4.97. The van der Waals surface area contributed by atoms with E-state index < -0.39 is 0 Å². The molecule has 1 atom stereocenters. The number of nitrogens with zero attached hydrogens (tertiary/aromatic N) is 1. The molecule has 20 heavy (non-hydrogen) atoms. The normalized spacial score (nSPS) is 13.9. The van der Waals surface area contributed by atoms with Crippen LogP contribution in [0.2, 0.25) is 0 Å². The summed E-state index contributed by atoms with van der Waals surface area (Å²) in [6, 6.07) is -0.149. The van der Waals surface area contributed by atoms with E-state index in [0.29, 0.717) is 0 Å². The van der Waals surface area contributed by atoms with E-state index in [4.69, 9.17) is 6.42 Å². The van der Waals surface area contributed by atoms with Crippen molar-refractivity contribution in [2.75, 3.05) is 0 Å². The third-order valence-corrected chi connectivity index (χ3v) is 3.00. The third-order valence-electron chi connectivity index (χ3n) is 3.00. The second kappa shape index (κ2) is 9.92. The van der Waals surface area contributed by atoms with Gasteiger partial charge >= 0.3 is 0 Å². The van der Waals surface area contributed by atoms with Crippen LogP contribution >= 0.6 is 0 Å². The average molecular weight is 269 g/mol. The molecule has 0 amide bonds. The van der Waals surface area contributed by atoms with Crippen LogP contribution in [0, 0.1) is 12.3 Å². The molecule has 1 unspecified atom stereocenters. The SMILES string of the molecule is C#CC(C(=C)C)N(/C=C/C=C)C(=C/C)/C(=C\CC)CC. The first-order valence-corrected chi connectivity index (χ1v) is 7.12. The van der Waals surface area contributed by atoms with Crippen molar-refractivity contribution in [2.45, 2.75) is 46.6 Å². The second-order valence-electron chi connectivity index (χ2n) is 4.57. The Labute approximate surface area is 125 Å². The van der Waals surface area contributed by atoms with Crippen LogP contribution < -0.4 is 0 Å². The second-order valence-corrected chi connectivity index (χ2v) is 4.57. The monoisotopic (exact) mass is 269 g/mol. The minimum absolute atomic E-state index is 0.149. The molecule has 0 aliphatic carbocycles. The van der Waals surface area contributed by atoms with Gasteiger partial charge in [0.25, 0.3) is 0 Å². The Balaban J connectivity index is 5.77. The van der Waals surface area contributed by atoms with Crippen molar-refractivity contribution in [2.24, 2.45) is 0 Å². The lowest BCUT2D eigenvalue weighted by molar-refractivity contribution is 0.446. The molecule has 0 aliphatic rings. The summed E-state index contributed by atoms with van der Waals surface area (Å²) in [4.78, 5) is 2.09. The Hall–Kier alpha value is -1.94. The van der Waals surface area contributed by atoms with Crippen molar-refractivity contribution in [3.05, 3.63) is 60.5 Å².